The van der Waals surface area contributed by atoms with Crippen molar-refractivity contribution in [1.82, 2.24) is 24.9 Å². The van der Waals surface area contributed by atoms with Crippen LogP contribution in [-0.4, -0.2) is 89.8 Å². The van der Waals surface area contributed by atoms with E-state index in [4.69, 9.17) is 14.6 Å². The first-order valence-corrected chi connectivity index (χ1v) is 18.5. The van der Waals surface area contributed by atoms with Crippen molar-refractivity contribution in [2.24, 2.45) is 22.2 Å². The van der Waals surface area contributed by atoms with E-state index in [0.29, 0.717) is 43.9 Å². The summed E-state index contributed by atoms with van der Waals surface area (Å²) < 4.78 is 13.0. The van der Waals surface area contributed by atoms with E-state index in [-0.39, 0.29) is 29.1 Å². The number of hydrogen-bond donors (Lipinski definition) is 3. The summed E-state index contributed by atoms with van der Waals surface area (Å²) in [6.45, 7) is 15.0. The molecule has 4 aliphatic rings. The average molecular weight is 726 g/mol. The molecule has 2 saturated carbocycles. The van der Waals surface area contributed by atoms with Crippen LogP contribution in [0.5, 0.6) is 5.75 Å². The summed E-state index contributed by atoms with van der Waals surface area (Å²) in [6.07, 6.45) is 1.59. The van der Waals surface area contributed by atoms with Crippen LogP contribution in [0.4, 0.5) is 16.3 Å². The molecule has 13 heteroatoms. The molecule has 2 bridgehead atoms. The van der Waals surface area contributed by atoms with Gasteiger partial charge >= 0.3 is 6.03 Å². The summed E-state index contributed by atoms with van der Waals surface area (Å²) in [5, 5.41) is 13.8. The van der Waals surface area contributed by atoms with Gasteiger partial charge < -0.3 is 20.1 Å². The van der Waals surface area contributed by atoms with Crippen molar-refractivity contribution in [2.45, 2.75) is 65.8 Å². The third-order valence-corrected chi connectivity index (χ3v) is 11.6. The third-order valence-electron chi connectivity index (χ3n) is 11.6. The van der Waals surface area contributed by atoms with Crippen LogP contribution >= 0.6 is 0 Å². The van der Waals surface area contributed by atoms with E-state index in [0.717, 1.165) is 55.5 Å². The number of morpholine rings is 1. The molecule has 4 fully saturated rings. The Morgan fingerprint density at radius 2 is 1.66 bits per heavy atom. The number of rotatable bonds is 10. The number of benzene rings is 2. The van der Waals surface area contributed by atoms with Gasteiger partial charge in [0.2, 0.25) is 17.7 Å². The fourth-order valence-corrected chi connectivity index (χ4v) is 8.76. The maximum atomic E-state index is 13.8. The Hall–Kier alpha value is -4.75. The van der Waals surface area contributed by atoms with Crippen molar-refractivity contribution in [3.8, 4) is 11.4 Å². The molecule has 4 unspecified atom stereocenters. The molecule has 282 valence electrons. The van der Waals surface area contributed by atoms with Gasteiger partial charge in [-0.05, 0) is 67.1 Å². The van der Waals surface area contributed by atoms with Crippen LogP contribution in [0.2, 0.25) is 0 Å². The number of ether oxygens (including phenoxy) is 2. The highest BCUT2D eigenvalue weighted by molar-refractivity contribution is 6.06. The molecule has 3 N–H and O–H groups in total. The smallest absolute Gasteiger partial charge is 0.324 e. The first-order chi connectivity index (χ1) is 25.1. The Kier molecular flexibility index (Phi) is 9.38. The number of nitrogens with zero attached hydrogens (tertiary/aromatic N) is 4. The van der Waals surface area contributed by atoms with Gasteiger partial charge in [-0.1, -0.05) is 46.8 Å². The van der Waals surface area contributed by atoms with Crippen LogP contribution in [0.25, 0.3) is 5.69 Å². The van der Waals surface area contributed by atoms with Crippen molar-refractivity contribution in [3.63, 3.8) is 0 Å². The van der Waals surface area contributed by atoms with Crippen molar-refractivity contribution < 1.29 is 28.7 Å². The van der Waals surface area contributed by atoms with E-state index in [1.807, 2.05) is 56.3 Å². The molecule has 2 aliphatic heterocycles. The minimum atomic E-state index is -0.808. The number of piperidine rings is 1. The fourth-order valence-electron chi connectivity index (χ4n) is 8.76. The number of carbonyl (C=O) groups is 4. The summed E-state index contributed by atoms with van der Waals surface area (Å²) >= 11 is 0. The lowest BCUT2D eigenvalue weighted by Crippen LogP contribution is -2.61. The number of likely N-dealkylation sites (tertiary alicyclic amines) is 1. The molecule has 3 heterocycles. The Morgan fingerprint density at radius 3 is 2.34 bits per heavy atom. The highest BCUT2D eigenvalue weighted by Gasteiger charge is 2.77. The van der Waals surface area contributed by atoms with Gasteiger partial charge in [-0.3, -0.25) is 29.5 Å². The third kappa shape index (κ3) is 7.04. The molecule has 0 radical (unpaired) electrons. The highest BCUT2D eigenvalue weighted by Crippen LogP contribution is 2.74. The van der Waals surface area contributed by atoms with Crippen molar-refractivity contribution in [3.05, 3.63) is 65.9 Å². The summed E-state index contributed by atoms with van der Waals surface area (Å²) in [5.41, 5.74) is 0.642. The van der Waals surface area contributed by atoms with Crippen LogP contribution in [0.3, 0.4) is 0 Å². The van der Waals surface area contributed by atoms with E-state index in [1.165, 1.54) is 4.90 Å². The van der Waals surface area contributed by atoms with E-state index >= 15 is 0 Å². The Labute approximate surface area is 310 Å². The molecule has 2 saturated heterocycles. The van der Waals surface area contributed by atoms with E-state index in [2.05, 4.69) is 41.6 Å². The van der Waals surface area contributed by atoms with E-state index in [9.17, 15) is 19.2 Å². The predicted octanol–water partition coefficient (Wildman–Crippen LogP) is 4.95. The number of imide groups is 1. The average Bonchev–Trinajstić information content (AvgIpc) is 3.72. The minimum Gasteiger partial charge on any atom is -0.492 e. The van der Waals surface area contributed by atoms with Crippen LogP contribution in [-0.2, 0) is 31.1 Å². The van der Waals surface area contributed by atoms with Gasteiger partial charge in [0.15, 0.2) is 0 Å². The van der Waals surface area contributed by atoms with Gasteiger partial charge in [-0.25, -0.2) is 9.48 Å². The SMILES string of the molecule is CN1C(=O)C2(C)CC(C)(C(=O)NCc3ccc(-n4nc(C(C)(C)C)cc4NC(=O)Nc4ccc(OCCN5CCOCC5)cc4)cc3)C3CC3(C2)C1=O. The first-order valence-electron chi connectivity index (χ1n) is 18.5. The zero-order valence-corrected chi connectivity index (χ0v) is 31.6. The molecule has 2 aromatic carbocycles. The lowest BCUT2D eigenvalue weighted by molar-refractivity contribution is -0.170. The number of hydrogen-bond acceptors (Lipinski definition) is 8. The molecular weight excluding hydrogens is 674 g/mol. The van der Waals surface area contributed by atoms with E-state index < -0.39 is 22.3 Å². The van der Waals surface area contributed by atoms with Crippen molar-refractivity contribution >= 4 is 35.3 Å². The van der Waals surface area contributed by atoms with Crippen LogP contribution in [0, 0.1) is 22.2 Å². The van der Waals surface area contributed by atoms with Gasteiger partial charge in [0.25, 0.3) is 0 Å². The van der Waals surface area contributed by atoms with Crippen LogP contribution in [0.1, 0.15) is 65.1 Å². The first kappa shape index (κ1) is 36.6. The number of amides is 5. The molecule has 7 rings (SSSR count). The van der Waals surface area contributed by atoms with Gasteiger partial charge in [-0.15, -0.1) is 0 Å². The van der Waals surface area contributed by atoms with E-state index in [1.54, 1.807) is 23.9 Å². The summed E-state index contributed by atoms with van der Waals surface area (Å²) in [7, 11) is 1.57. The van der Waals surface area contributed by atoms with Gasteiger partial charge in [0.05, 0.1) is 35.4 Å². The second kappa shape index (κ2) is 13.6. The molecule has 13 nitrogen and oxygen atoms in total. The minimum absolute atomic E-state index is 0.0717. The number of aromatic nitrogens is 2. The number of nitrogens with one attached hydrogen (secondary N) is 3. The summed E-state index contributed by atoms with van der Waals surface area (Å²) in [4.78, 5) is 56.8. The second-order valence-electron chi connectivity index (χ2n) is 16.7. The molecule has 53 heavy (non-hydrogen) atoms. The number of fused-ring (bicyclic) bond motifs is 1. The normalized spacial score (nSPS) is 26.8. The molecule has 3 aromatic rings. The van der Waals surface area contributed by atoms with Gasteiger partial charge in [0.1, 0.15) is 18.2 Å². The van der Waals surface area contributed by atoms with Crippen molar-refractivity contribution in [1.29, 1.82) is 0 Å². The van der Waals surface area contributed by atoms with Crippen molar-refractivity contribution in [2.75, 3.05) is 57.1 Å². The predicted molar refractivity (Wildman–Crippen MR) is 200 cm³/mol. The molecule has 1 spiro atoms. The highest BCUT2D eigenvalue weighted by atomic mass is 16.5. The van der Waals surface area contributed by atoms with Crippen LogP contribution in [0.15, 0.2) is 54.6 Å². The Bertz CT molecular complexity index is 1880. The largest absolute Gasteiger partial charge is 0.492 e. The summed E-state index contributed by atoms with van der Waals surface area (Å²) in [5.74, 6) is 0.704. The summed E-state index contributed by atoms with van der Waals surface area (Å²) in [6, 6.07) is 16.4. The van der Waals surface area contributed by atoms with Crippen LogP contribution < -0.4 is 20.7 Å². The maximum absolute atomic E-state index is 13.8. The Morgan fingerprint density at radius 1 is 0.962 bits per heavy atom. The monoisotopic (exact) mass is 725 g/mol. The lowest BCUT2D eigenvalue weighted by Gasteiger charge is -2.50. The maximum Gasteiger partial charge on any atom is 0.324 e. The molecule has 5 amide bonds. The molecular formula is C40H51N7O6. The lowest BCUT2D eigenvalue weighted by atomic mass is 9.57. The standard InChI is InChI=1S/C40H51N7O6/c1-37(2,3)31-21-32(43-36(51)42-27-9-13-29(14-10-27)53-20-17-46-15-18-52-19-16-46)47(44-31)28-11-7-26(8-12-28)23-41-33(48)39(5)24-38(4)25-40(22-30(39)40)35(50)45(6)34(38)49/h7-14,21,30H,15-20,22-25H2,1-6H3,(H,41,48)(H2,42,43,51). The molecule has 4 atom stereocenters. The topological polar surface area (TPSA) is 147 Å². The van der Waals surface area contributed by atoms with Gasteiger partial charge in [-0.2, -0.15) is 5.10 Å². The molecule has 1 aromatic heterocycles. The zero-order valence-electron chi connectivity index (χ0n) is 31.6. The Balaban J connectivity index is 0.975. The van der Waals surface area contributed by atoms with Gasteiger partial charge in [0, 0.05) is 55.8 Å². The fraction of sp³-hybridized carbons (Fsp3) is 0.525. The second-order valence-corrected chi connectivity index (χ2v) is 16.7. The molecule has 2 aliphatic carbocycles. The quantitative estimate of drug-likeness (QED) is 0.249. The number of urea groups is 1. The zero-order chi connectivity index (χ0) is 37.8. The number of carbonyl (C=O) groups excluding carboxylic acids is 4. The number of anilines is 2.